The number of aliphatic hydroxyl groups excluding tert-OH is 1. The Morgan fingerprint density at radius 3 is 2.90 bits per heavy atom. The second kappa shape index (κ2) is 5.10. The number of hydrogen-bond donors (Lipinski definition) is 1. The minimum absolute atomic E-state index is 0.342. The number of unbranched alkanes of at least 4 members (excludes halogenated alkanes) is 1. The summed E-state index contributed by atoms with van der Waals surface area (Å²) in [5.74, 6) is 0. The molecule has 1 rings (SSSR count). The number of hydrogen-bond acceptors (Lipinski definition) is 3. The van der Waals surface area contributed by atoms with E-state index in [-0.39, 0.29) is 0 Å². The molecule has 1 heterocycles. The highest BCUT2D eigenvalue weighted by atomic mass is 33.1. The summed E-state index contributed by atoms with van der Waals surface area (Å²) in [6, 6.07) is 0. The first-order valence-electron chi connectivity index (χ1n) is 3.53. The lowest BCUT2D eigenvalue weighted by molar-refractivity contribution is 0.283. The molecule has 1 unspecified atom stereocenters. The van der Waals surface area contributed by atoms with Crippen LogP contribution in [0.1, 0.15) is 19.3 Å². The van der Waals surface area contributed by atoms with Crippen molar-refractivity contribution in [1.29, 1.82) is 0 Å². The molecular formula is C7H12OS2. The van der Waals surface area contributed by atoms with Crippen LogP contribution in [-0.4, -0.2) is 17.0 Å². The summed E-state index contributed by atoms with van der Waals surface area (Å²) in [6.45, 7) is 0.342. The number of rotatable bonds is 4. The Morgan fingerprint density at radius 1 is 1.40 bits per heavy atom. The second-order valence-electron chi connectivity index (χ2n) is 2.28. The van der Waals surface area contributed by atoms with E-state index in [0.717, 1.165) is 12.8 Å². The maximum atomic E-state index is 8.51. The van der Waals surface area contributed by atoms with Crippen LogP contribution in [0.25, 0.3) is 0 Å². The molecule has 1 atom stereocenters. The highest BCUT2D eigenvalue weighted by Gasteiger charge is 2.08. The van der Waals surface area contributed by atoms with Gasteiger partial charge in [-0.05, 0) is 24.7 Å². The van der Waals surface area contributed by atoms with Crippen LogP contribution in [-0.2, 0) is 0 Å². The molecule has 3 heteroatoms. The zero-order valence-electron chi connectivity index (χ0n) is 5.82. The normalized spacial score (nSPS) is 23.9. The topological polar surface area (TPSA) is 20.2 Å². The summed E-state index contributed by atoms with van der Waals surface area (Å²) in [6.07, 6.45) is 5.57. The third-order valence-electron chi connectivity index (χ3n) is 1.42. The molecule has 0 aromatic rings. The molecule has 1 aliphatic heterocycles. The van der Waals surface area contributed by atoms with Gasteiger partial charge in [0.05, 0.1) is 0 Å². The molecule has 1 N–H and O–H groups in total. The fourth-order valence-corrected chi connectivity index (χ4v) is 3.12. The first kappa shape index (κ1) is 8.50. The van der Waals surface area contributed by atoms with E-state index < -0.39 is 0 Å². The molecule has 0 saturated heterocycles. The van der Waals surface area contributed by atoms with Gasteiger partial charge in [0.2, 0.25) is 0 Å². The summed E-state index contributed by atoms with van der Waals surface area (Å²) in [5.41, 5.74) is 0. The zero-order valence-corrected chi connectivity index (χ0v) is 7.46. The average Bonchev–Trinajstić information content (AvgIpc) is 2.41. The second-order valence-corrected chi connectivity index (χ2v) is 4.70. The fourth-order valence-electron chi connectivity index (χ4n) is 0.857. The summed E-state index contributed by atoms with van der Waals surface area (Å²) in [4.78, 5) is 0. The Morgan fingerprint density at radius 2 is 2.30 bits per heavy atom. The van der Waals surface area contributed by atoms with E-state index in [4.69, 9.17) is 5.11 Å². The van der Waals surface area contributed by atoms with Crippen molar-refractivity contribution in [3.63, 3.8) is 0 Å². The van der Waals surface area contributed by atoms with Gasteiger partial charge in [0.15, 0.2) is 0 Å². The lowest BCUT2D eigenvalue weighted by Gasteiger charge is -2.03. The van der Waals surface area contributed by atoms with Crippen molar-refractivity contribution in [2.24, 2.45) is 0 Å². The van der Waals surface area contributed by atoms with E-state index in [2.05, 4.69) is 11.5 Å². The van der Waals surface area contributed by atoms with Crippen molar-refractivity contribution in [2.75, 3.05) is 6.61 Å². The van der Waals surface area contributed by atoms with Crippen molar-refractivity contribution in [2.45, 2.75) is 24.5 Å². The Bertz CT molecular complexity index is 114. The van der Waals surface area contributed by atoms with Crippen molar-refractivity contribution in [3.8, 4) is 0 Å². The van der Waals surface area contributed by atoms with Crippen molar-refractivity contribution < 1.29 is 5.11 Å². The van der Waals surface area contributed by atoms with Gasteiger partial charge in [0.25, 0.3) is 0 Å². The molecule has 0 bridgehead atoms. The molecule has 1 nitrogen and oxygen atoms in total. The van der Waals surface area contributed by atoms with Crippen LogP contribution >= 0.6 is 21.6 Å². The van der Waals surface area contributed by atoms with E-state index >= 15 is 0 Å². The van der Waals surface area contributed by atoms with Gasteiger partial charge in [-0.25, -0.2) is 0 Å². The largest absolute Gasteiger partial charge is 0.396 e. The molecule has 58 valence electrons. The van der Waals surface area contributed by atoms with Crippen molar-refractivity contribution in [1.82, 2.24) is 0 Å². The van der Waals surface area contributed by atoms with Gasteiger partial charge < -0.3 is 5.11 Å². The lowest BCUT2D eigenvalue weighted by Crippen LogP contribution is -1.94. The van der Waals surface area contributed by atoms with E-state index in [1.807, 2.05) is 21.6 Å². The predicted molar refractivity (Wildman–Crippen MR) is 49.0 cm³/mol. The van der Waals surface area contributed by atoms with Crippen molar-refractivity contribution in [3.05, 3.63) is 11.5 Å². The van der Waals surface area contributed by atoms with Gasteiger partial charge in [-0.3, -0.25) is 0 Å². The standard InChI is InChI=1S/C7H12OS2/c8-5-2-1-3-7-4-6-9-10-7/h4,6-8H,1-3,5H2. The summed E-state index contributed by atoms with van der Waals surface area (Å²) >= 11 is 0. The van der Waals surface area contributed by atoms with Crippen LogP contribution in [0.5, 0.6) is 0 Å². The van der Waals surface area contributed by atoms with E-state index in [0.29, 0.717) is 11.9 Å². The SMILES string of the molecule is OCCCCC1C=CSS1. The molecule has 0 aromatic heterocycles. The summed E-state index contributed by atoms with van der Waals surface area (Å²) < 4.78 is 0. The first-order valence-corrected chi connectivity index (χ1v) is 5.81. The quantitative estimate of drug-likeness (QED) is 0.525. The van der Waals surface area contributed by atoms with Gasteiger partial charge in [0.1, 0.15) is 0 Å². The monoisotopic (exact) mass is 176 g/mol. The fraction of sp³-hybridized carbons (Fsp3) is 0.714. The molecule has 0 radical (unpaired) electrons. The first-order chi connectivity index (χ1) is 4.93. The molecule has 0 aromatic carbocycles. The maximum Gasteiger partial charge on any atom is 0.0431 e. The van der Waals surface area contributed by atoms with Crippen LogP contribution in [0.3, 0.4) is 0 Å². The summed E-state index contributed by atoms with van der Waals surface area (Å²) in [5, 5.41) is 11.4. The summed E-state index contributed by atoms with van der Waals surface area (Å²) in [7, 11) is 3.73. The molecule has 0 aliphatic carbocycles. The maximum absolute atomic E-state index is 8.51. The van der Waals surface area contributed by atoms with Crippen LogP contribution in [0.4, 0.5) is 0 Å². The Kier molecular flexibility index (Phi) is 4.34. The van der Waals surface area contributed by atoms with Gasteiger partial charge >= 0.3 is 0 Å². The molecule has 1 aliphatic rings. The van der Waals surface area contributed by atoms with Gasteiger partial charge in [-0.1, -0.05) is 27.7 Å². The Hall–Kier alpha value is 0.400. The molecule has 0 fully saturated rings. The van der Waals surface area contributed by atoms with E-state index in [1.165, 1.54) is 6.42 Å². The zero-order chi connectivity index (χ0) is 7.23. The highest BCUT2D eigenvalue weighted by Crippen LogP contribution is 2.37. The van der Waals surface area contributed by atoms with Crippen LogP contribution in [0.15, 0.2) is 11.5 Å². The molecule has 0 spiro atoms. The van der Waals surface area contributed by atoms with Gasteiger partial charge in [-0.2, -0.15) is 0 Å². The van der Waals surface area contributed by atoms with E-state index in [9.17, 15) is 0 Å². The molecular weight excluding hydrogens is 164 g/mol. The van der Waals surface area contributed by atoms with Gasteiger partial charge in [-0.15, -0.1) is 0 Å². The minimum atomic E-state index is 0.342. The van der Waals surface area contributed by atoms with Crippen LogP contribution < -0.4 is 0 Å². The highest BCUT2D eigenvalue weighted by molar-refractivity contribution is 8.78. The molecule has 10 heavy (non-hydrogen) atoms. The lowest BCUT2D eigenvalue weighted by atomic mass is 10.2. The molecule has 0 saturated carbocycles. The average molecular weight is 176 g/mol. The third-order valence-corrected chi connectivity index (χ3v) is 3.85. The third kappa shape index (κ3) is 2.99. The van der Waals surface area contributed by atoms with Crippen molar-refractivity contribution >= 4 is 21.6 Å². The Balaban J connectivity index is 1.97. The number of aliphatic hydroxyl groups is 1. The predicted octanol–water partition coefficient (Wildman–Crippen LogP) is 2.43. The van der Waals surface area contributed by atoms with Crippen LogP contribution in [0.2, 0.25) is 0 Å². The smallest absolute Gasteiger partial charge is 0.0431 e. The molecule has 0 amide bonds. The van der Waals surface area contributed by atoms with E-state index in [1.54, 1.807) is 0 Å². The Labute approximate surface area is 69.7 Å². The van der Waals surface area contributed by atoms with Gasteiger partial charge in [0, 0.05) is 11.9 Å². The van der Waals surface area contributed by atoms with Crippen LogP contribution in [0, 0.1) is 0 Å². The minimum Gasteiger partial charge on any atom is -0.396 e.